The lowest BCUT2D eigenvalue weighted by Gasteiger charge is -2.28. The van der Waals surface area contributed by atoms with Crippen molar-refractivity contribution >= 4 is 16.8 Å². The quantitative estimate of drug-likeness (QED) is 0.717. The van der Waals surface area contributed by atoms with Gasteiger partial charge in [-0.15, -0.1) is 0 Å². The number of carbonyl (C=O) groups excluding carboxylic acids is 1. The normalized spacial score (nSPS) is 17.9. The van der Waals surface area contributed by atoms with Crippen molar-refractivity contribution in [1.82, 2.24) is 19.4 Å². The highest BCUT2D eigenvalue weighted by Gasteiger charge is 2.25. The van der Waals surface area contributed by atoms with E-state index in [1.54, 1.807) is 11.5 Å². The van der Waals surface area contributed by atoms with Crippen LogP contribution in [0.5, 0.6) is 0 Å². The molecule has 0 radical (unpaired) electrons. The van der Waals surface area contributed by atoms with E-state index in [1.165, 1.54) is 19.3 Å². The lowest BCUT2D eigenvalue weighted by molar-refractivity contribution is 0.0941. The van der Waals surface area contributed by atoms with Crippen molar-refractivity contribution in [3.8, 4) is 0 Å². The average molecular weight is 405 g/mol. The number of rotatable bonds is 3. The molecule has 30 heavy (non-hydrogen) atoms. The van der Waals surface area contributed by atoms with Crippen LogP contribution in [-0.2, 0) is 19.5 Å². The van der Waals surface area contributed by atoms with E-state index in [-0.39, 0.29) is 11.5 Å². The van der Waals surface area contributed by atoms with Crippen molar-refractivity contribution in [2.45, 2.75) is 64.5 Å². The van der Waals surface area contributed by atoms with Crippen LogP contribution in [0.2, 0.25) is 0 Å². The van der Waals surface area contributed by atoms with Gasteiger partial charge in [0.15, 0.2) is 0 Å². The first kappa shape index (κ1) is 19.2. The predicted molar refractivity (Wildman–Crippen MR) is 117 cm³/mol. The molecule has 5 rings (SSSR count). The second-order valence-electron chi connectivity index (χ2n) is 8.73. The molecule has 0 saturated heterocycles. The molecule has 0 spiro atoms. The van der Waals surface area contributed by atoms with Crippen LogP contribution in [0.25, 0.3) is 10.9 Å². The fourth-order valence-corrected chi connectivity index (χ4v) is 5.08. The smallest absolute Gasteiger partial charge is 0.255 e. The summed E-state index contributed by atoms with van der Waals surface area (Å²) >= 11 is 0. The molecule has 1 N–H and O–H groups in total. The second kappa shape index (κ2) is 7.84. The summed E-state index contributed by atoms with van der Waals surface area (Å²) in [6.45, 7) is 3.77. The topological polar surface area (TPSA) is 71.0 Å². The van der Waals surface area contributed by atoms with Crippen molar-refractivity contribution in [3.05, 3.63) is 63.5 Å². The summed E-state index contributed by atoms with van der Waals surface area (Å²) in [5.41, 5.74) is 3.86. The second-order valence-corrected chi connectivity index (χ2v) is 8.73. The Balaban J connectivity index is 1.40. The van der Waals surface area contributed by atoms with Gasteiger partial charge in [-0.3, -0.25) is 19.1 Å². The molecule has 3 aromatic rings. The fourth-order valence-electron chi connectivity index (χ4n) is 5.08. The Hall–Kier alpha value is -2.73. The Kier molecular flexibility index (Phi) is 5.03. The predicted octanol–water partition coefficient (Wildman–Crippen LogP) is 3.99. The summed E-state index contributed by atoms with van der Waals surface area (Å²) in [6, 6.07) is 8.00. The number of nitrogens with zero attached hydrogens (tertiary/aromatic N) is 3. The maximum absolute atomic E-state index is 12.9. The monoisotopic (exact) mass is 404 g/mol. The van der Waals surface area contributed by atoms with Crippen molar-refractivity contribution in [3.63, 3.8) is 0 Å². The first-order valence-corrected chi connectivity index (χ1v) is 11.0. The minimum atomic E-state index is 0.0114. The van der Waals surface area contributed by atoms with E-state index in [2.05, 4.69) is 16.0 Å². The van der Waals surface area contributed by atoms with E-state index < -0.39 is 0 Å². The molecule has 1 aliphatic heterocycles. The van der Waals surface area contributed by atoms with Gasteiger partial charge in [0, 0.05) is 50.5 Å². The third-order valence-electron chi connectivity index (χ3n) is 6.69. The highest BCUT2D eigenvalue weighted by Crippen LogP contribution is 2.31. The van der Waals surface area contributed by atoms with E-state index in [4.69, 9.17) is 4.98 Å². The number of para-hydroxylation sites is 1. The largest absolute Gasteiger partial charge is 0.310 e. The Labute approximate surface area is 175 Å². The molecule has 1 saturated carbocycles. The third kappa shape index (κ3) is 3.49. The van der Waals surface area contributed by atoms with Gasteiger partial charge in [-0.1, -0.05) is 37.5 Å². The van der Waals surface area contributed by atoms with Crippen LogP contribution in [-0.4, -0.2) is 31.9 Å². The van der Waals surface area contributed by atoms with Gasteiger partial charge in [-0.05, 0) is 24.5 Å². The molecule has 0 bridgehead atoms. The van der Waals surface area contributed by atoms with Gasteiger partial charge in [0.25, 0.3) is 5.56 Å². The number of aromatic amines is 1. The lowest BCUT2D eigenvalue weighted by atomic mass is 9.88. The van der Waals surface area contributed by atoms with Crippen LogP contribution in [0.4, 0.5) is 0 Å². The fraction of sp³-hybridized carbons (Fsp3) is 0.458. The number of benzene rings is 1. The molecule has 6 heteroatoms. The summed E-state index contributed by atoms with van der Waals surface area (Å²) < 4.78 is 1.72. The van der Waals surface area contributed by atoms with Crippen molar-refractivity contribution in [2.24, 2.45) is 0 Å². The molecule has 1 fully saturated rings. The molecule has 0 amide bonds. The molecule has 2 aliphatic rings. The van der Waals surface area contributed by atoms with Gasteiger partial charge in [-0.2, -0.15) is 0 Å². The molecule has 6 nitrogen and oxygen atoms in total. The van der Waals surface area contributed by atoms with Crippen molar-refractivity contribution in [1.29, 1.82) is 0 Å². The zero-order valence-electron chi connectivity index (χ0n) is 17.5. The van der Waals surface area contributed by atoms with Crippen molar-refractivity contribution < 1.29 is 4.79 Å². The Bertz CT molecular complexity index is 1150. The number of hydrogen-bond donors (Lipinski definition) is 1. The van der Waals surface area contributed by atoms with Crippen LogP contribution in [0.15, 0.2) is 35.3 Å². The van der Waals surface area contributed by atoms with E-state index >= 15 is 0 Å². The number of H-pyrrole nitrogens is 1. The van der Waals surface area contributed by atoms with Gasteiger partial charge in [0.1, 0.15) is 5.82 Å². The molecule has 1 aromatic carbocycles. The summed E-state index contributed by atoms with van der Waals surface area (Å²) in [5.74, 6) is 1.32. The summed E-state index contributed by atoms with van der Waals surface area (Å²) in [5, 5.41) is 1.10. The van der Waals surface area contributed by atoms with Crippen LogP contribution in [0.1, 0.15) is 72.4 Å². The number of fused-ring (bicyclic) bond motifs is 2. The van der Waals surface area contributed by atoms with E-state index in [9.17, 15) is 9.59 Å². The number of nitrogens with one attached hydrogen (secondary N) is 1. The number of aromatic nitrogens is 3. The Morgan fingerprint density at radius 2 is 2.00 bits per heavy atom. The van der Waals surface area contributed by atoms with E-state index in [0.29, 0.717) is 19.0 Å². The summed E-state index contributed by atoms with van der Waals surface area (Å²) in [6.07, 6.45) is 8.75. The average Bonchev–Trinajstić information content (AvgIpc) is 3.13. The first-order valence-electron chi connectivity index (χ1n) is 11.0. The molecule has 3 heterocycles. The first-order chi connectivity index (χ1) is 14.6. The van der Waals surface area contributed by atoms with Crippen molar-refractivity contribution in [2.75, 3.05) is 6.54 Å². The van der Waals surface area contributed by atoms with E-state index in [0.717, 1.165) is 59.4 Å². The minimum Gasteiger partial charge on any atom is -0.310 e. The van der Waals surface area contributed by atoms with Crippen LogP contribution in [0.3, 0.4) is 0 Å². The molecular weight excluding hydrogens is 376 g/mol. The summed E-state index contributed by atoms with van der Waals surface area (Å²) in [7, 11) is 0. The van der Waals surface area contributed by atoms with Gasteiger partial charge in [0.05, 0.1) is 16.8 Å². The zero-order chi connectivity index (χ0) is 20.7. The standard InChI is InChI=1S/C24H28N4O2/c1-16(29)28-14-18(19-9-5-6-10-22(19)28)13-27-12-11-21-20(15-27)24(30)26-23(25-21)17-7-3-2-4-8-17/h5-6,9-10,14,17H,2-4,7-8,11-13,15H2,1H3,(H,25,26,30). The number of hydrogen-bond acceptors (Lipinski definition) is 4. The molecule has 2 aromatic heterocycles. The lowest BCUT2D eigenvalue weighted by Crippen LogP contribution is -2.36. The third-order valence-corrected chi connectivity index (χ3v) is 6.69. The van der Waals surface area contributed by atoms with Crippen LogP contribution in [0, 0.1) is 0 Å². The SMILES string of the molecule is CC(=O)n1cc(CN2CCc3nc(C4CCCCC4)[nH]c(=O)c3C2)c2ccccc21. The molecule has 0 atom stereocenters. The zero-order valence-corrected chi connectivity index (χ0v) is 17.5. The molecule has 156 valence electrons. The van der Waals surface area contributed by atoms with Gasteiger partial charge < -0.3 is 4.98 Å². The van der Waals surface area contributed by atoms with E-state index in [1.807, 2.05) is 24.4 Å². The van der Waals surface area contributed by atoms with Crippen LogP contribution < -0.4 is 5.56 Å². The van der Waals surface area contributed by atoms with Gasteiger partial charge in [0.2, 0.25) is 5.91 Å². The molecule has 1 aliphatic carbocycles. The Morgan fingerprint density at radius 1 is 1.20 bits per heavy atom. The number of carbonyl (C=O) groups is 1. The van der Waals surface area contributed by atoms with Gasteiger partial charge in [-0.25, -0.2) is 4.98 Å². The maximum atomic E-state index is 12.9. The highest BCUT2D eigenvalue weighted by molar-refractivity contribution is 5.93. The highest BCUT2D eigenvalue weighted by atomic mass is 16.1. The van der Waals surface area contributed by atoms with Gasteiger partial charge >= 0.3 is 0 Å². The molecular formula is C24H28N4O2. The summed E-state index contributed by atoms with van der Waals surface area (Å²) in [4.78, 5) is 35.2. The van der Waals surface area contributed by atoms with Crippen LogP contribution >= 0.6 is 0 Å². The Morgan fingerprint density at radius 3 is 2.80 bits per heavy atom. The minimum absolute atomic E-state index is 0.0114. The molecule has 0 unspecified atom stereocenters. The maximum Gasteiger partial charge on any atom is 0.255 e.